The Morgan fingerprint density at radius 1 is 1.10 bits per heavy atom. The van der Waals surface area contributed by atoms with E-state index in [0.717, 1.165) is 49.4 Å². The lowest BCUT2D eigenvalue weighted by molar-refractivity contribution is 0.0939. The minimum absolute atomic E-state index is 0.0380. The lowest BCUT2D eigenvalue weighted by Crippen LogP contribution is -2.43. The molecule has 1 fully saturated rings. The SMILES string of the molecule is CC[C@@H](C)NC(=O)c1ccc(N2CCNCC2)c(NS(=O)(=O)c2ccc(C)c(C)c2)c1. The quantitative estimate of drug-likeness (QED) is 0.611. The zero-order valence-corrected chi connectivity index (χ0v) is 19.5. The van der Waals surface area contributed by atoms with Crippen LogP contribution in [0.3, 0.4) is 0 Å². The summed E-state index contributed by atoms with van der Waals surface area (Å²) >= 11 is 0. The Kier molecular flexibility index (Phi) is 7.23. The Morgan fingerprint density at radius 2 is 1.81 bits per heavy atom. The van der Waals surface area contributed by atoms with Crippen LogP contribution in [0.1, 0.15) is 41.8 Å². The highest BCUT2D eigenvalue weighted by Crippen LogP contribution is 2.30. The second-order valence-corrected chi connectivity index (χ2v) is 9.79. The third-order valence-corrected chi connectivity index (χ3v) is 7.10. The van der Waals surface area contributed by atoms with E-state index in [1.165, 1.54) is 0 Å². The first-order valence-electron chi connectivity index (χ1n) is 10.7. The molecule has 1 aliphatic rings. The van der Waals surface area contributed by atoms with Crippen molar-refractivity contribution in [3.05, 3.63) is 53.1 Å². The first-order chi connectivity index (χ1) is 14.7. The Balaban J connectivity index is 1.98. The van der Waals surface area contributed by atoms with Crippen molar-refractivity contribution in [1.82, 2.24) is 10.6 Å². The van der Waals surface area contributed by atoms with Gasteiger partial charge in [0.2, 0.25) is 0 Å². The molecule has 1 amide bonds. The second-order valence-electron chi connectivity index (χ2n) is 8.10. The predicted octanol–water partition coefficient (Wildman–Crippen LogP) is 3.04. The highest BCUT2D eigenvalue weighted by molar-refractivity contribution is 7.92. The van der Waals surface area contributed by atoms with Crippen LogP contribution in [0.5, 0.6) is 0 Å². The molecule has 0 unspecified atom stereocenters. The standard InChI is InChI=1S/C23H32N4O3S/c1-5-18(4)25-23(28)19-7-9-22(27-12-10-24-11-13-27)21(15-19)26-31(29,30)20-8-6-16(2)17(3)14-20/h6-9,14-15,18,24,26H,5,10-13H2,1-4H3,(H,25,28)/t18-/m1/s1. The minimum atomic E-state index is -3.81. The summed E-state index contributed by atoms with van der Waals surface area (Å²) in [5.41, 5.74) is 3.55. The summed E-state index contributed by atoms with van der Waals surface area (Å²) in [5.74, 6) is -0.215. The summed E-state index contributed by atoms with van der Waals surface area (Å²) in [6, 6.07) is 10.3. The van der Waals surface area contributed by atoms with Crippen LogP contribution in [-0.2, 0) is 10.0 Å². The average Bonchev–Trinajstić information content (AvgIpc) is 2.75. The number of nitrogens with one attached hydrogen (secondary N) is 3. The van der Waals surface area contributed by atoms with Gasteiger partial charge < -0.3 is 15.5 Å². The number of nitrogens with zero attached hydrogens (tertiary/aromatic N) is 1. The van der Waals surface area contributed by atoms with Gasteiger partial charge in [-0.25, -0.2) is 8.42 Å². The van der Waals surface area contributed by atoms with Crippen LogP contribution in [0.2, 0.25) is 0 Å². The summed E-state index contributed by atoms with van der Waals surface area (Å²) in [4.78, 5) is 15.0. The topological polar surface area (TPSA) is 90.5 Å². The van der Waals surface area contributed by atoms with Crippen molar-refractivity contribution in [2.24, 2.45) is 0 Å². The third kappa shape index (κ3) is 5.57. The van der Waals surface area contributed by atoms with Crippen LogP contribution >= 0.6 is 0 Å². The van der Waals surface area contributed by atoms with Crippen molar-refractivity contribution in [3.8, 4) is 0 Å². The molecule has 1 heterocycles. The zero-order chi connectivity index (χ0) is 22.6. The maximum Gasteiger partial charge on any atom is 0.261 e. The van der Waals surface area contributed by atoms with Crippen molar-refractivity contribution in [1.29, 1.82) is 0 Å². The Morgan fingerprint density at radius 3 is 2.45 bits per heavy atom. The maximum atomic E-state index is 13.2. The van der Waals surface area contributed by atoms with Gasteiger partial charge in [0.05, 0.1) is 16.3 Å². The van der Waals surface area contributed by atoms with E-state index in [-0.39, 0.29) is 16.8 Å². The van der Waals surface area contributed by atoms with E-state index >= 15 is 0 Å². The first kappa shape index (κ1) is 23.1. The number of benzene rings is 2. The van der Waals surface area contributed by atoms with Gasteiger partial charge in [-0.3, -0.25) is 9.52 Å². The van der Waals surface area contributed by atoms with Crippen molar-refractivity contribution in [2.45, 2.75) is 45.1 Å². The first-order valence-corrected chi connectivity index (χ1v) is 12.2. The number of piperazine rings is 1. The number of carbonyl (C=O) groups excluding carboxylic acids is 1. The monoisotopic (exact) mass is 444 g/mol. The van der Waals surface area contributed by atoms with Gasteiger partial charge in [0.15, 0.2) is 0 Å². The van der Waals surface area contributed by atoms with Gasteiger partial charge in [0.1, 0.15) is 0 Å². The van der Waals surface area contributed by atoms with E-state index in [0.29, 0.717) is 11.3 Å². The van der Waals surface area contributed by atoms with Gasteiger partial charge >= 0.3 is 0 Å². The molecule has 7 nitrogen and oxygen atoms in total. The minimum Gasteiger partial charge on any atom is -0.367 e. The van der Waals surface area contributed by atoms with E-state index in [2.05, 4.69) is 20.3 Å². The molecule has 2 aromatic carbocycles. The Hall–Kier alpha value is -2.58. The van der Waals surface area contributed by atoms with Crippen molar-refractivity contribution in [2.75, 3.05) is 35.8 Å². The van der Waals surface area contributed by atoms with Gasteiger partial charge in [-0.2, -0.15) is 0 Å². The molecular formula is C23H32N4O3S. The van der Waals surface area contributed by atoms with Crippen LogP contribution in [-0.4, -0.2) is 46.5 Å². The summed E-state index contributed by atoms with van der Waals surface area (Å²) < 4.78 is 29.1. The molecule has 0 aromatic heterocycles. The predicted molar refractivity (Wildman–Crippen MR) is 125 cm³/mol. The number of carbonyl (C=O) groups is 1. The number of hydrogen-bond donors (Lipinski definition) is 3. The summed E-state index contributed by atoms with van der Waals surface area (Å²) in [6.45, 7) is 10.9. The number of anilines is 2. The average molecular weight is 445 g/mol. The smallest absolute Gasteiger partial charge is 0.261 e. The Labute approximate surface area is 185 Å². The van der Waals surface area contributed by atoms with E-state index in [4.69, 9.17) is 0 Å². The van der Waals surface area contributed by atoms with Gasteiger partial charge in [0.25, 0.3) is 15.9 Å². The molecule has 31 heavy (non-hydrogen) atoms. The molecule has 3 rings (SSSR count). The van der Waals surface area contributed by atoms with Crippen LogP contribution in [0.15, 0.2) is 41.3 Å². The maximum absolute atomic E-state index is 13.2. The highest BCUT2D eigenvalue weighted by atomic mass is 32.2. The van der Waals surface area contributed by atoms with Crippen molar-refractivity contribution >= 4 is 27.3 Å². The Bertz CT molecular complexity index is 1050. The number of rotatable bonds is 7. The molecular weight excluding hydrogens is 412 g/mol. The summed E-state index contributed by atoms with van der Waals surface area (Å²) in [6.07, 6.45) is 0.816. The zero-order valence-electron chi connectivity index (χ0n) is 18.7. The van der Waals surface area contributed by atoms with Gasteiger partial charge in [-0.1, -0.05) is 13.0 Å². The van der Waals surface area contributed by atoms with Crippen LogP contribution in [0.4, 0.5) is 11.4 Å². The largest absolute Gasteiger partial charge is 0.367 e. The number of aryl methyl sites for hydroxylation is 2. The molecule has 0 spiro atoms. The highest BCUT2D eigenvalue weighted by Gasteiger charge is 2.22. The lowest BCUT2D eigenvalue weighted by atomic mass is 10.1. The molecule has 3 N–H and O–H groups in total. The van der Waals surface area contributed by atoms with Crippen LogP contribution in [0.25, 0.3) is 0 Å². The molecule has 0 bridgehead atoms. The van der Waals surface area contributed by atoms with Gasteiger partial charge in [-0.15, -0.1) is 0 Å². The number of hydrogen-bond acceptors (Lipinski definition) is 5. The fraction of sp³-hybridized carbons (Fsp3) is 0.435. The van der Waals surface area contributed by atoms with Gasteiger partial charge in [-0.05, 0) is 68.7 Å². The van der Waals surface area contributed by atoms with E-state index in [9.17, 15) is 13.2 Å². The third-order valence-electron chi connectivity index (χ3n) is 5.74. The molecule has 0 saturated carbocycles. The molecule has 168 valence electrons. The molecule has 8 heteroatoms. The van der Waals surface area contributed by atoms with E-state index in [1.807, 2.05) is 33.8 Å². The molecule has 0 radical (unpaired) electrons. The fourth-order valence-corrected chi connectivity index (χ4v) is 4.58. The van der Waals surface area contributed by atoms with E-state index in [1.54, 1.807) is 30.3 Å². The normalized spacial score (nSPS) is 15.4. The van der Waals surface area contributed by atoms with Crippen LogP contribution in [0, 0.1) is 13.8 Å². The van der Waals surface area contributed by atoms with Gasteiger partial charge in [0, 0.05) is 37.8 Å². The summed E-state index contributed by atoms with van der Waals surface area (Å²) in [7, 11) is -3.81. The fourth-order valence-electron chi connectivity index (χ4n) is 3.43. The van der Waals surface area contributed by atoms with E-state index < -0.39 is 10.0 Å². The molecule has 1 saturated heterocycles. The van der Waals surface area contributed by atoms with Crippen molar-refractivity contribution in [3.63, 3.8) is 0 Å². The lowest BCUT2D eigenvalue weighted by Gasteiger charge is -2.31. The summed E-state index contributed by atoms with van der Waals surface area (Å²) in [5, 5.41) is 6.24. The molecule has 1 aliphatic heterocycles. The van der Waals surface area contributed by atoms with Crippen molar-refractivity contribution < 1.29 is 13.2 Å². The number of sulfonamides is 1. The molecule has 0 aliphatic carbocycles. The molecule has 2 aromatic rings. The molecule has 1 atom stereocenters. The second kappa shape index (κ2) is 9.70. The number of amides is 1. The van der Waals surface area contributed by atoms with Crippen LogP contribution < -0.4 is 20.3 Å².